The molecule has 2 aromatic rings. The van der Waals surface area contributed by atoms with Crippen LogP contribution in [0.25, 0.3) is 0 Å². The maximum absolute atomic E-state index is 12.7. The van der Waals surface area contributed by atoms with Gasteiger partial charge < -0.3 is 15.5 Å². The minimum Gasteiger partial charge on any atom is -0.334 e. The van der Waals surface area contributed by atoms with Crippen molar-refractivity contribution >= 4 is 44.9 Å². The molecule has 0 aliphatic carbocycles. The zero-order chi connectivity index (χ0) is 26.3. The first-order chi connectivity index (χ1) is 17.0. The molecular weight excluding hydrogens is 519 g/mol. The second-order valence-electron chi connectivity index (χ2n) is 9.94. The number of carbonyl (C=O) groups is 1. The van der Waals surface area contributed by atoms with E-state index in [9.17, 15) is 13.2 Å². The van der Waals surface area contributed by atoms with Crippen LogP contribution >= 0.6 is 23.2 Å². The van der Waals surface area contributed by atoms with Crippen molar-refractivity contribution in [3.05, 3.63) is 63.6 Å². The zero-order valence-corrected chi connectivity index (χ0v) is 23.4. The van der Waals surface area contributed by atoms with Gasteiger partial charge in [-0.2, -0.15) is 0 Å². The summed E-state index contributed by atoms with van der Waals surface area (Å²) in [6.07, 6.45) is 4.32. The van der Waals surface area contributed by atoms with Gasteiger partial charge in [0.15, 0.2) is 0 Å². The van der Waals surface area contributed by atoms with Gasteiger partial charge in [-0.3, -0.25) is 0 Å². The number of piperidine rings is 1. The topological polar surface area (TPSA) is 90.5 Å². The number of benzene rings is 2. The minimum atomic E-state index is -3.29. The number of amides is 2. The van der Waals surface area contributed by atoms with Gasteiger partial charge in [0.05, 0.1) is 16.3 Å². The van der Waals surface area contributed by atoms with Gasteiger partial charge in [0.25, 0.3) is 0 Å². The number of anilines is 1. The Balaban J connectivity index is 1.48. The summed E-state index contributed by atoms with van der Waals surface area (Å²) in [5.41, 5.74) is 2.60. The van der Waals surface area contributed by atoms with Crippen molar-refractivity contribution < 1.29 is 13.2 Å². The van der Waals surface area contributed by atoms with E-state index < -0.39 is 10.0 Å². The molecule has 1 saturated heterocycles. The number of urea groups is 1. The van der Waals surface area contributed by atoms with E-state index in [4.69, 9.17) is 23.2 Å². The van der Waals surface area contributed by atoms with E-state index in [0.717, 1.165) is 50.7 Å². The van der Waals surface area contributed by atoms with Crippen molar-refractivity contribution in [3.8, 4) is 0 Å². The highest BCUT2D eigenvalue weighted by Crippen LogP contribution is 2.27. The lowest BCUT2D eigenvalue weighted by atomic mass is 9.89. The molecule has 7 nitrogen and oxygen atoms in total. The Morgan fingerprint density at radius 3 is 2.42 bits per heavy atom. The van der Waals surface area contributed by atoms with E-state index in [1.807, 2.05) is 18.2 Å². The van der Waals surface area contributed by atoms with Gasteiger partial charge in [-0.15, -0.1) is 0 Å². The zero-order valence-electron chi connectivity index (χ0n) is 21.1. The first kappa shape index (κ1) is 28.7. The number of nitrogens with one attached hydrogen (secondary N) is 3. The molecule has 0 unspecified atom stereocenters. The molecule has 0 aromatic heterocycles. The molecule has 198 valence electrons. The number of hydrogen-bond acceptors (Lipinski definition) is 4. The Bertz CT molecular complexity index is 1140. The molecular formula is C26H36Cl2N4O3S. The van der Waals surface area contributed by atoms with E-state index in [0.29, 0.717) is 21.7 Å². The van der Waals surface area contributed by atoms with Gasteiger partial charge in [0.1, 0.15) is 0 Å². The smallest absolute Gasteiger partial charge is 0.319 e. The van der Waals surface area contributed by atoms with Crippen LogP contribution in [0, 0.1) is 11.8 Å². The highest BCUT2D eigenvalue weighted by atomic mass is 35.5. The van der Waals surface area contributed by atoms with Gasteiger partial charge in [-0.25, -0.2) is 17.9 Å². The van der Waals surface area contributed by atoms with Crippen LogP contribution in [-0.4, -0.2) is 51.3 Å². The molecule has 1 atom stereocenters. The Morgan fingerprint density at radius 1 is 1.06 bits per heavy atom. The van der Waals surface area contributed by atoms with Crippen molar-refractivity contribution in [1.29, 1.82) is 0 Å². The van der Waals surface area contributed by atoms with Gasteiger partial charge in [-0.05, 0) is 79.6 Å². The Morgan fingerprint density at radius 2 is 1.78 bits per heavy atom. The van der Waals surface area contributed by atoms with Crippen LogP contribution in [0.3, 0.4) is 0 Å². The first-order valence-electron chi connectivity index (χ1n) is 12.3. The van der Waals surface area contributed by atoms with Crippen molar-refractivity contribution in [2.45, 2.75) is 45.7 Å². The molecule has 3 rings (SSSR count). The second kappa shape index (κ2) is 13.1. The molecule has 1 heterocycles. The predicted molar refractivity (Wildman–Crippen MR) is 148 cm³/mol. The van der Waals surface area contributed by atoms with Gasteiger partial charge in [0, 0.05) is 24.8 Å². The standard InChI is InChI=1S/C26H36Cl2N4O3S/c1-18(2)25(31-26(33)30-22-6-4-5-21(14-22)16-29-36(3,34)35)17-32-11-9-19(10-12-32)13-20-7-8-23(27)24(28)15-20/h4-8,14-15,18-19,25,29H,9-13,16-17H2,1-3H3,(H2,30,31,33)/t25-/m0/s1. The Kier molecular flexibility index (Phi) is 10.5. The summed E-state index contributed by atoms with van der Waals surface area (Å²) >= 11 is 12.2. The number of likely N-dealkylation sites (tertiary alicyclic amines) is 1. The molecule has 0 saturated carbocycles. The lowest BCUT2D eigenvalue weighted by Crippen LogP contribution is -2.49. The van der Waals surface area contributed by atoms with Gasteiger partial charge in [-0.1, -0.05) is 55.2 Å². The maximum atomic E-state index is 12.7. The third-order valence-corrected chi connectivity index (χ3v) is 7.92. The van der Waals surface area contributed by atoms with E-state index >= 15 is 0 Å². The fraction of sp³-hybridized carbons (Fsp3) is 0.500. The molecule has 1 aliphatic heterocycles. The van der Waals surface area contributed by atoms with Crippen molar-refractivity contribution in [3.63, 3.8) is 0 Å². The molecule has 2 amide bonds. The second-order valence-corrected chi connectivity index (χ2v) is 12.6. The van der Waals surface area contributed by atoms with E-state index in [1.54, 1.807) is 18.2 Å². The molecule has 36 heavy (non-hydrogen) atoms. The predicted octanol–water partition coefficient (Wildman–Crippen LogP) is 5.14. The molecule has 0 bridgehead atoms. The van der Waals surface area contributed by atoms with Crippen LogP contribution in [-0.2, 0) is 23.0 Å². The number of carbonyl (C=O) groups excluding carboxylic acids is 1. The largest absolute Gasteiger partial charge is 0.334 e. The maximum Gasteiger partial charge on any atom is 0.319 e. The molecule has 1 aliphatic rings. The molecule has 0 spiro atoms. The van der Waals surface area contributed by atoms with Crippen LogP contribution in [0.5, 0.6) is 0 Å². The summed E-state index contributed by atoms with van der Waals surface area (Å²) in [5, 5.41) is 7.19. The summed E-state index contributed by atoms with van der Waals surface area (Å²) < 4.78 is 25.1. The first-order valence-corrected chi connectivity index (χ1v) is 14.9. The minimum absolute atomic E-state index is 0.00621. The summed E-state index contributed by atoms with van der Waals surface area (Å²) in [5.74, 6) is 0.881. The highest BCUT2D eigenvalue weighted by Gasteiger charge is 2.24. The molecule has 0 radical (unpaired) electrons. The average molecular weight is 556 g/mol. The van der Waals surface area contributed by atoms with Gasteiger partial charge in [0.2, 0.25) is 10.0 Å². The van der Waals surface area contributed by atoms with Crippen molar-refractivity contribution in [2.24, 2.45) is 11.8 Å². The van der Waals surface area contributed by atoms with E-state index in [-0.39, 0.29) is 24.5 Å². The summed E-state index contributed by atoms with van der Waals surface area (Å²) in [4.78, 5) is 15.2. The third kappa shape index (κ3) is 9.56. The molecule has 2 aromatic carbocycles. The third-order valence-electron chi connectivity index (χ3n) is 6.51. The van der Waals surface area contributed by atoms with Crippen LogP contribution in [0.2, 0.25) is 10.0 Å². The summed E-state index contributed by atoms with van der Waals surface area (Å²) in [6, 6.07) is 12.8. The fourth-order valence-corrected chi connectivity index (χ4v) is 5.13. The quantitative estimate of drug-likeness (QED) is 0.379. The monoisotopic (exact) mass is 554 g/mol. The number of nitrogens with zero attached hydrogens (tertiary/aromatic N) is 1. The van der Waals surface area contributed by atoms with Crippen LogP contribution in [0.4, 0.5) is 10.5 Å². The summed E-state index contributed by atoms with van der Waals surface area (Å²) in [7, 11) is -3.29. The van der Waals surface area contributed by atoms with Crippen LogP contribution < -0.4 is 15.4 Å². The lowest BCUT2D eigenvalue weighted by molar-refractivity contribution is 0.157. The van der Waals surface area contributed by atoms with E-state index in [2.05, 4.69) is 40.2 Å². The Labute approximate surface area is 225 Å². The van der Waals surface area contributed by atoms with E-state index in [1.165, 1.54) is 5.56 Å². The van der Waals surface area contributed by atoms with Crippen molar-refractivity contribution in [1.82, 2.24) is 14.9 Å². The highest BCUT2D eigenvalue weighted by molar-refractivity contribution is 7.88. The van der Waals surface area contributed by atoms with Crippen LogP contribution in [0.1, 0.15) is 37.8 Å². The van der Waals surface area contributed by atoms with Gasteiger partial charge >= 0.3 is 6.03 Å². The average Bonchev–Trinajstić information content (AvgIpc) is 2.80. The molecule has 3 N–H and O–H groups in total. The van der Waals surface area contributed by atoms with Crippen molar-refractivity contribution in [2.75, 3.05) is 31.2 Å². The summed E-state index contributed by atoms with van der Waals surface area (Å²) in [6.45, 7) is 7.18. The number of rotatable bonds is 10. The number of hydrogen-bond donors (Lipinski definition) is 3. The van der Waals surface area contributed by atoms with Crippen LogP contribution in [0.15, 0.2) is 42.5 Å². The Hall–Kier alpha value is -1.84. The fourth-order valence-electron chi connectivity index (χ4n) is 4.38. The SMILES string of the molecule is CC(C)[C@H](CN1CCC(Cc2ccc(Cl)c(Cl)c2)CC1)NC(=O)Nc1cccc(CNS(C)(=O)=O)c1. The molecule has 10 heteroatoms. The molecule has 1 fully saturated rings. The normalized spacial score (nSPS) is 16.2. The number of halogens is 2. The lowest BCUT2D eigenvalue weighted by Gasteiger charge is -2.35. The number of sulfonamides is 1.